The summed E-state index contributed by atoms with van der Waals surface area (Å²) in [5, 5.41) is 3.60. The van der Waals surface area contributed by atoms with Gasteiger partial charge in [0.1, 0.15) is 5.75 Å². The molecule has 1 rings (SSSR count). The minimum absolute atomic E-state index is 0.104. The Morgan fingerprint density at radius 2 is 1.79 bits per heavy atom. The first kappa shape index (κ1) is 16.0. The zero-order chi connectivity index (χ0) is 14.5. The number of ether oxygens (including phenoxy) is 2. The van der Waals surface area contributed by atoms with Crippen molar-refractivity contribution < 1.29 is 9.47 Å². The smallest absolute Gasteiger partial charge is 0.123 e. The van der Waals surface area contributed by atoms with Crippen LogP contribution < -0.4 is 10.1 Å². The number of nitrogens with one attached hydrogen (secondary N) is 1. The Kier molecular flexibility index (Phi) is 5.83. The molecule has 1 N–H and O–H groups in total. The molecule has 0 bridgehead atoms. The predicted molar refractivity (Wildman–Crippen MR) is 79.7 cm³/mol. The molecule has 1 aromatic rings. The summed E-state index contributed by atoms with van der Waals surface area (Å²) in [6.07, 6.45) is 0.961. The SMILES string of the molecule is COc1ccccc1[C@H](C)NC(C)CC(C)(C)OC. The molecule has 3 nitrogen and oxygen atoms in total. The van der Waals surface area contributed by atoms with Crippen LogP contribution in [0.15, 0.2) is 24.3 Å². The van der Waals surface area contributed by atoms with Crippen LogP contribution in [0.25, 0.3) is 0 Å². The van der Waals surface area contributed by atoms with E-state index < -0.39 is 0 Å². The first-order valence-corrected chi connectivity index (χ1v) is 6.83. The summed E-state index contributed by atoms with van der Waals surface area (Å²) in [4.78, 5) is 0. The lowest BCUT2D eigenvalue weighted by atomic mass is 9.98. The third-order valence-corrected chi connectivity index (χ3v) is 3.49. The molecule has 108 valence electrons. The largest absolute Gasteiger partial charge is 0.496 e. The fraction of sp³-hybridized carbons (Fsp3) is 0.625. The average molecular weight is 265 g/mol. The van der Waals surface area contributed by atoms with Crippen LogP contribution in [0.2, 0.25) is 0 Å². The molecule has 1 unspecified atom stereocenters. The van der Waals surface area contributed by atoms with Gasteiger partial charge >= 0.3 is 0 Å². The molecule has 3 heteroatoms. The number of methoxy groups -OCH3 is 2. The van der Waals surface area contributed by atoms with Gasteiger partial charge in [0.2, 0.25) is 0 Å². The fourth-order valence-corrected chi connectivity index (χ4v) is 2.42. The van der Waals surface area contributed by atoms with Gasteiger partial charge in [0.15, 0.2) is 0 Å². The highest BCUT2D eigenvalue weighted by Gasteiger charge is 2.22. The number of para-hydroxylation sites is 1. The Hall–Kier alpha value is -1.06. The van der Waals surface area contributed by atoms with Crippen LogP contribution in [-0.2, 0) is 4.74 Å². The zero-order valence-electron chi connectivity index (χ0n) is 13.0. The summed E-state index contributed by atoms with van der Waals surface area (Å²) in [5.74, 6) is 0.931. The van der Waals surface area contributed by atoms with Crippen LogP contribution in [0.3, 0.4) is 0 Å². The van der Waals surface area contributed by atoms with Gasteiger partial charge in [-0.15, -0.1) is 0 Å². The summed E-state index contributed by atoms with van der Waals surface area (Å²) in [7, 11) is 3.47. The lowest BCUT2D eigenvalue weighted by molar-refractivity contribution is 0.00781. The second-order valence-corrected chi connectivity index (χ2v) is 5.70. The molecule has 0 saturated carbocycles. The standard InChI is InChI=1S/C16H27NO2/c1-12(11-16(3,4)19-6)17-13(2)14-9-7-8-10-15(14)18-5/h7-10,12-13,17H,11H2,1-6H3/t12?,13-/m0/s1. The van der Waals surface area contributed by atoms with Gasteiger partial charge in [-0.3, -0.25) is 0 Å². The Bertz CT molecular complexity index is 390. The van der Waals surface area contributed by atoms with Crippen molar-refractivity contribution in [1.29, 1.82) is 0 Å². The number of rotatable bonds is 7. The van der Waals surface area contributed by atoms with Crippen LogP contribution >= 0.6 is 0 Å². The van der Waals surface area contributed by atoms with E-state index in [-0.39, 0.29) is 11.6 Å². The third-order valence-electron chi connectivity index (χ3n) is 3.49. The second-order valence-electron chi connectivity index (χ2n) is 5.70. The van der Waals surface area contributed by atoms with Gasteiger partial charge in [0.05, 0.1) is 12.7 Å². The first-order chi connectivity index (χ1) is 8.89. The van der Waals surface area contributed by atoms with Crippen molar-refractivity contribution in [2.75, 3.05) is 14.2 Å². The first-order valence-electron chi connectivity index (χ1n) is 6.83. The Labute approximate surface area is 117 Å². The predicted octanol–water partition coefficient (Wildman–Crippen LogP) is 3.55. The van der Waals surface area contributed by atoms with Crippen LogP contribution in [0.5, 0.6) is 5.75 Å². The van der Waals surface area contributed by atoms with E-state index in [1.54, 1.807) is 14.2 Å². The van der Waals surface area contributed by atoms with Crippen molar-refractivity contribution in [1.82, 2.24) is 5.32 Å². The Morgan fingerprint density at radius 1 is 1.16 bits per heavy atom. The number of hydrogen-bond acceptors (Lipinski definition) is 3. The van der Waals surface area contributed by atoms with Crippen molar-refractivity contribution in [2.24, 2.45) is 0 Å². The van der Waals surface area contributed by atoms with Gasteiger partial charge in [-0.1, -0.05) is 18.2 Å². The summed E-state index contributed by atoms with van der Waals surface area (Å²) >= 11 is 0. The monoisotopic (exact) mass is 265 g/mol. The highest BCUT2D eigenvalue weighted by molar-refractivity contribution is 5.35. The average Bonchev–Trinajstić information content (AvgIpc) is 2.37. The zero-order valence-corrected chi connectivity index (χ0v) is 13.0. The molecular formula is C16H27NO2. The second kappa shape index (κ2) is 6.92. The maximum absolute atomic E-state index is 5.48. The summed E-state index contributed by atoms with van der Waals surface area (Å²) in [6, 6.07) is 8.75. The molecular weight excluding hydrogens is 238 g/mol. The molecule has 0 radical (unpaired) electrons. The molecule has 0 aliphatic heterocycles. The fourth-order valence-electron chi connectivity index (χ4n) is 2.42. The Morgan fingerprint density at radius 3 is 2.37 bits per heavy atom. The van der Waals surface area contributed by atoms with E-state index in [0.717, 1.165) is 12.2 Å². The topological polar surface area (TPSA) is 30.5 Å². The normalized spacial score (nSPS) is 15.1. The van der Waals surface area contributed by atoms with E-state index in [4.69, 9.17) is 9.47 Å². The Balaban J connectivity index is 2.66. The minimum Gasteiger partial charge on any atom is -0.496 e. The van der Waals surface area contributed by atoms with Gasteiger partial charge < -0.3 is 14.8 Å². The molecule has 0 spiro atoms. The molecule has 0 amide bonds. The van der Waals surface area contributed by atoms with Crippen LogP contribution in [0.4, 0.5) is 0 Å². The molecule has 0 saturated heterocycles. The molecule has 0 fully saturated rings. The molecule has 0 heterocycles. The maximum atomic E-state index is 5.48. The van der Waals surface area contributed by atoms with Gasteiger partial charge in [-0.2, -0.15) is 0 Å². The molecule has 0 aliphatic carbocycles. The van der Waals surface area contributed by atoms with E-state index in [2.05, 4.69) is 39.1 Å². The lowest BCUT2D eigenvalue weighted by Gasteiger charge is -2.29. The van der Waals surface area contributed by atoms with Gasteiger partial charge in [0, 0.05) is 24.8 Å². The van der Waals surface area contributed by atoms with Crippen LogP contribution in [0, 0.1) is 0 Å². The quantitative estimate of drug-likeness (QED) is 0.818. The van der Waals surface area contributed by atoms with Gasteiger partial charge in [-0.05, 0) is 40.2 Å². The molecule has 2 atom stereocenters. The minimum atomic E-state index is -0.104. The van der Waals surface area contributed by atoms with E-state index in [9.17, 15) is 0 Å². The molecule has 1 aromatic carbocycles. The van der Waals surface area contributed by atoms with E-state index >= 15 is 0 Å². The maximum Gasteiger partial charge on any atom is 0.123 e. The lowest BCUT2D eigenvalue weighted by Crippen LogP contribution is -2.37. The highest BCUT2D eigenvalue weighted by Crippen LogP contribution is 2.25. The number of hydrogen-bond donors (Lipinski definition) is 1. The molecule has 0 aromatic heterocycles. The van der Waals surface area contributed by atoms with Crippen molar-refractivity contribution >= 4 is 0 Å². The third kappa shape index (κ3) is 4.84. The highest BCUT2D eigenvalue weighted by atomic mass is 16.5. The van der Waals surface area contributed by atoms with E-state index in [1.165, 1.54) is 5.56 Å². The number of benzene rings is 1. The van der Waals surface area contributed by atoms with E-state index in [1.807, 2.05) is 18.2 Å². The van der Waals surface area contributed by atoms with Gasteiger partial charge in [0.25, 0.3) is 0 Å². The van der Waals surface area contributed by atoms with Crippen LogP contribution in [-0.4, -0.2) is 25.9 Å². The van der Waals surface area contributed by atoms with Crippen molar-refractivity contribution in [2.45, 2.75) is 51.8 Å². The van der Waals surface area contributed by atoms with E-state index in [0.29, 0.717) is 6.04 Å². The molecule has 0 aliphatic rings. The van der Waals surface area contributed by atoms with Gasteiger partial charge in [-0.25, -0.2) is 0 Å². The summed E-state index contributed by atoms with van der Waals surface area (Å²) < 4.78 is 10.9. The van der Waals surface area contributed by atoms with Crippen LogP contribution in [0.1, 0.15) is 45.7 Å². The summed E-state index contributed by atoms with van der Waals surface area (Å²) in [5.41, 5.74) is 1.08. The van der Waals surface area contributed by atoms with Crippen molar-refractivity contribution in [3.8, 4) is 5.75 Å². The van der Waals surface area contributed by atoms with Crippen molar-refractivity contribution in [3.05, 3.63) is 29.8 Å². The summed E-state index contributed by atoms with van der Waals surface area (Å²) in [6.45, 7) is 8.57. The molecule has 19 heavy (non-hydrogen) atoms. The van der Waals surface area contributed by atoms with Crippen molar-refractivity contribution in [3.63, 3.8) is 0 Å².